The van der Waals surface area contributed by atoms with Crippen LogP contribution in [0.5, 0.6) is 0 Å². The minimum Gasteiger partial charge on any atom is -0.381 e. The minimum absolute atomic E-state index is 0. The molecule has 1 aromatic heterocycles. The molecule has 4 nitrogen and oxygen atoms in total. The number of aromatic nitrogens is 1. The quantitative estimate of drug-likeness (QED) is 0.920. The maximum atomic E-state index is 5.53. The SMILES string of the molecule is Cl.Cl.c1cncc([C@H](C2CCOCC2)N2CCNCC2)c1. The molecule has 2 saturated heterocycles. The number of nitrogens with zero attached hydrogens (tertiary/aromatic N) is 2. The highest BCUT2D eigenvalue weighted by molar-refractivity contribution is 5.85. The van der Waals surface area contributed by atoms with E-state index in [0.717, 1.165) is 39.4 Å². The van der Waals surface area contributed by atoms with E-state index in [0.29, 0.717) is 12.0 Å². The summed E-state index contributed by atoms with van der Waals surface area (Å²) in [7, 11) is 0. The van der Waals surface area contributed by atoms with Gasteiger partial charge < -0.3 is 10.1 Å². The molecule has 1 atom stereocenters. The zero-order valence-electron chi connectivity index (χ0n) is 12.2. The molecule has 3 rings (SSSR count). The van der Waals surface area contributed by atoms with Crippen molar-refractivity contribution in [2.75, 3.05) is 39.4 Å². The molecule has 0 spiro atoms. The van der Waals surface area contributed by atoms with Gasteiger partial charge in [-0.05, 0) is 30.4 Å². The zero-order chi connectivity index (χ0) is 12.9. The van der Waals surface area contributed by atoms with Crippen LogP contribution < -0.4 is 5.32 Å². The molecule has 120 valence electrons. The predicted octanol–water partition coefficient (Wildman–Crippen LogP) is 2.30. The molecule has 2 fully saturated rings. The summed E-state index contributed by atoms with van der Waals surface area (Å²) in [6.45, 7) is 6.29. The molecule has 0 saturated carbocycles. The van der Waals surface area contributed by atoms with Gasteiger partial charge >= 0.3 is 0 Å². The van der Waals surface area contributed by atoms with Crippen molar-refractivity contribution in [2.24, 2.45) is 5.92 Å². The first-order chi connectivity index (χ1) is 9.45. The van der Waals surface area contributed by atoms with Crippen LogP contribution in [0.2, 0.25) is 0 Å². The summed E-state index contributed by atoms with van der Waals surface area (Å²) >= 11 is 0. The lowest BCUT2D eigenvalue weighted by Crippen LogP contribution is -2.47. The molecular formula is C15H25Cl2N3O. The van der Waals surface area contributed by atoms with Gasteiger partial charge in [-0.3, -0.25) is 9.88 Å². The fourth-order valence-corrected chi connectivity index (χ4v) is 3.32. The fraction of sp³-hybridized carbons (Fsp3) is 0.667. The third-order valence-electron chi connectivity index (χ3n) is 4.28. The fourth-order valence-electron chi connectivity index (χ4n) is 3.32. The van der Waals surface area contributed by atoms with E-state index in [1.807, 2.05) is 12.4 Å². The van der Waals surface area contributed by atoms with Crippen molar-refractivity contribution in [1.82, 2.24) is 15.2 Å². The molecule has 6 heteroatoms. The molecule has 2 aliphatic rings. The van der Waals surface area contributed by atoms with Gasteiger partial charge in [0.2, 0.25) is 0 Å². The second-order valence-corrected chi connectivity index (χ2v) is 5.47. The van der Waals surface area contributed by atoms with E-state index in [9.17, 15) is 0 Å². The Labute approximate surface area is 139 Å². The summed E-state index contributed by atoms with van der Waals surface area (Å²) in [6.07, 6.45) is 6.25. The number of ether oxygens (including phenoxy) is 1. The Bertz CT molecular complexity index is 364. The zero-order valence-corrected chi connectivity index (χ0v) is 13.9. The summed E-state index contributed by atoms with van der Waals surface area (Å²) in [5.74, 6) is 0.705. The first-order valence-corrected chi connectivity index (χ1v) is 7.37. The molecule has 1 N–H and O–H groups in total. The van der Waals surface area contributed by atoms with Crippen molar-refractivity contribution in [2.45, 2.75) is 18.9 Å². The monoisotopic (exact) mass is 333 g/mol. The third kappa shape index (κ3) is 4.80. The second-order valence-electron chi connectivity index (χ2n) is 5.47. The molecule has 21 heavy (non-hydrogen) atoms. The number of halogens is 2. The number of hydrogen-bond acceptors (Lipinski definition) is 4. The molecule has 1 aromatic rings. The van der Waals surface area contributed by atoms with Gasteiger partial charge in [-0.25, -0.2) is 0 Å². The Morgan fingerprint density at radius 2 is 1.90 bits per heavy atom. The van der Waals surface area contributed by atoms with Crippen LogP contribution in [0.4, 0.5) is 0 Å². The number of rotatable bonds is 3. The average Bonchev–Trinajstić information content (AvgIpc) is 2.51. The predicted molar refractivity (Wildman–Crippen MR) is 89.5 cm³/mol. The van der Waals surface area contributed by atoms with E-state index in [1.54, 1.807) is 0 Å². The van der Waals surface area contributed by atoms with Crippen molar-refractivity contribution < 1.29 is 4.74 Å². The van der Waals surface area contributed by atoms with E-state index in [-0.39, 0.29) is 24.8 Å². The van der Waals surface area contributed by atoms with E-state index in [4.69, 9.17) is 4.74 Å². The summed E-state index contributed by atoms with van der Waals surface area (Å²) < 4.78 is 5.53. The van der Waals surface area contributed by atoms with Gasteiger partial charge in [0.1, 0.15) is 0 Å². The summed E-state index contributed by atoms with van der Waals surface area (Å²) in [4.78, 5) is 6.95. The number of nitrogens with one attached hydrogen (secondary N) is 1. The van der Waals surface area contributed by atoms with Crippen LogP contribution in [-0.2, 0) is 4.74 Å². The summed E-state index contributed by atoms with van der Waals surface area (Å²) in [5.41, 5.74) is 1.37. The van der Waals surface area contributed by atoms with Crippen LogP contribution in [0.3, 0.4) is 0 Å². The van der Waals surface area contributed by atoms with Gasteiger partial charge in [-0.15, -0.1) is 24.8 Å². The van der Waals surface area contributed by atoms with Crippen LogP contribution in [0.15, 0.2) is 24.5 Å². The highest BCUT2D eigenvalue weighted by Crippen LogP contribution is 2.34. The molecule has 0 aromatic carbocycles. The van der Waals surface area contributed by atoms with Gasteiger partial charge in [-0.1, -0.05) is 6.07 Å². The number of hydrogen-bond donors (Lipinski definition) is 1. The van der Waals surface area contributed by atoms with Crippen molar-refractivity contribution in [3.63, 3.8) is 0 Å². The number of pyridine rings is 1. The normalized spacial score (nSPS) is 21.9. The molecule has 0 radical (unpaired) electrons. The lowest BCUT2D eigenvalue weighted by atomic mass is 9.86. The minimum atomic E-state index is 0. The standard InChI is InChI=1S/C15H23N3O.2ClH/c1-2-14(12-17-5-1)15(13-3-10-19-11-4-13)18-8-6-16-7-9-18;;/h1-2,5,12-13,15-16H,3-4,6-11H2;2*1H/t15-;;/m0../s1. The lowest BCUT2D eigenvalue weighted by Gasteiger charge is -2.41. The first kappa shape index (κ1) is 18.7. The van der Waals surface area contributed by atoms with Crippen LogP contribution in [0, 0.1) is 5.92 Å². The topological polar surface area (TPSA) is 37.4 Å². The van der Waals surface area contributed by atoms with Crippen molar-refractivity contribution in [1.29, 1.82) is 0 Å². The van der Waals surface area contributed by atoms with Gasteiger partial charge in [0.05, 0.1) is 0 Å². The molecule has 3 heterocycles. The van der Waals surface area contributed by atoms with E-state index < -0.39 is 0 Å². The van der Waals surface area contributed by atoms with Crippen LogP contribution in [0.1, 0.15) is 24.4 Å². The second kappa shape index (κ2) is 9.59. The molecule has 0 unspecified atom stereocenters. The van der Waals surface area contributed by atoms with Gasteiger partial charge in [0.15, 0.2) is 0 Å². The van der Waals surface area contributed by atoms with Crippen molar-refractivity contribution in [3.05, 3.63) is 30.1 Å². The number of piperazine rings is 1. The highest BCUT2D eigenvalue weighted by Gasteiger charge is 2.31. The van der Waals surface area contributed by atoms with Gasteiger partial charge in [0.25, 0.3) is 0 Å². The van der Waals surface area contributed by atoms with Crippen LogP contribution in [-0.4, -0.2) is 49.3 Å². The summed E-state index contributed by atoms with van der Waals surface area (Å²) in [5, 5.41) is 3.44. The molecular weight excluding hydrogens is 309 g/mol. The molecule has 0 bridgehead atoms. The highest BCUT2D eigenvalue weighted by atomic mass is 35.5. The van der Waals surface area contributed by atoms with Gasteiger partial charge in [-0.2, -0.15) is 0 Å². The Morgan fingerprint density at radius 3 is 2.52 bits per heavy atom. The van der Waals surface area contributed by atoms with Crippen molar-refractivity contribution in [3.8, 4) is 0 Å². The third-order valence-corrected chi connectivity index (χ3v) is 4.28. The average molecular weight is 334 g/mol. The Kier molecular flexibility index (Phi) is 8.52. The van der Waals surface area contributed by atoms with Gasteiger partial charge in [0, 0.05) is 57.8 Å². The van der Waals surface area contributed by atoms with Crippen molar-refractivity contribution >= 4 is 24.8 Å². The van der Waals surface area contributed by atoms with E-state index >= 15 is 0 Å². The van der Waals surface area contributed by atoms with Crippen LogP contribution >= 0.6 is 24.8 Å². The Morgan fingerprint density at radius 1 is 1.19 bits per heavy atom. The molecule has 2 aliphatic heterocycles. The Hall–Kier alpha value is -0.390. The maximum Gasteiger partial charge on any atom is 0.0469 e. The molecule has 0 aliphatic carbocycles. The first-order valence-electron chi connectivity index (χ1n) is 7.37. The largest absolute Gasteiger partial charge is 0.381 e. The smallest absolute Gasteiger partial charge is 0.0469 e. The maximum absolute atomic E-state index is 5.53. The summed E-state index contributed by atoms with van der Waals surface area (Å²) in [6, 6.07) is 4.80. The lowest BCUT2D eigenvalue weighted by molar-refractivity contribution is 0.0212. The molecule has 0 amide bonds. The van der Waals surface area contributed by atoms with E-state index in [1.165, 1.54) is 18.4 Å². The Balaban J connectivity index is 0.00000110. The van der Waals surface area contributed by atoms with E-state index in [2.05, 4.69) is 27.3 Å². The van der Waals surface area contributed by atoms with Crippen LogP contribution in [0.25, 0.3) is 0 Å².